The maximum atomic E-state index is 12.1. The highest BCUT2D eigenvalue weighted by molar-refractivity contribution is 7.85. The van der Waals surface area contributed by atoms with Gasteiger partial charge in [-0.25, -0.2) is 4.21 Å². The zero-order valence-electron chi connectivity index (χ0n) is 11.1. The van der Waals surface area contributed by atoms with Gasteiger partial charge in [-0.05, 0) is 39.2 Å². The first-order valence-corrected chi connectivity index (χ1v) is 7.23. The maximum Gasteiger partial charge on any atom is 0.256 e. The summed E-state index contributed by atoms with van der Waals surface area (Å²) in [6.07, 6.45) is 3.70. The lowest BCUT2D eigenvalue weighted by atomic mass is 10.1. The predicted molar refractivity (Wildman–Crippen MR) is 72.9 cm³/mol. The minimum absolute atomic E-state index is 0.133. The molecule has 0 heterocycles. The summed E-state index contributed by atoms with van der Waals surface area (Å²) in [5, 5.41) is 0. The van der Waals surface area contributed by atoms with Crippen molar-refractivity contribution in [2.45, 2.75) is 43.9 Å². The van der Waals surface area contributed by atoms with Crippen LogP contribution in [0.25, 0.3) is 0 Å². The SMILES string of the molecule is C=C1C(C=C(C)C)[C@@]1(N)C(=O)NS(=O)C1(C)CC1. The number of hydrogen-bond acceptors (Lipinski definition) is 3. The number of hydrogen-bond donors (Lipinski definition) is 2. The summed E-state index contributed by atoms with van der Waals surface area (Å²) < 4.78 is 14.2. The molecule has 100 valence electrons. The van der Waals surface area contributed by atoms with E-state index in [9.17, 15) is 9.00 Å². The maximum absolute atomic E-state index is 12.1. The van der Waals surface area contributed by atoms with Crippen LogP contribution in [0.2, 0.25) is 0 Å². The first-order valence-electron chi connectivity index (χ1n) is 6.08. The molecule has 0 aliphatic heterocycles. The molecular weight excluding hydrogens is 248 g/mol. The monoisotopic (exact) mass is 268 g/mol. The van der Waals surface area contributed by atoms with Crippen LogP contribution in [-0.2, 0) is 15.8 Å². The van der Waals surface area contributed by atoms with Crippen LogP contribution in [0.1, 0.15) is 33.6 Å². The Morgan fingerprint density at radius 1 is 1.56 bits per heavy atom. The Kier molecular flexibility index (Phi) is 3.02. The van der Waals surface area contributed by atoms with Crippen LogP contribution >= 0.6 is 0 Å². The molecule has 2 fully saturated rings. The van der Waals surface area contributed by atoms with E-state index in [1.54, 1.807) is 0 Å². The second-order valence-corrected chi connectivity index (χ2v) is 7.49. The number of rotatable bonds is 4. The number of amides is 1. The Balaban J connectivity index is 2.04. The van der Waals surface area contributed by atoms with Crippen LogP contribution in [0.5, 0.6) is 0 Å². The molecule has 0 radical (unpaired) electrons. The van der Waals surface area contributed by atoms with Gasteiger partial charge >= 0.3 is 0 Å². The van der Waals surface area contributed by atoms with Crippen molar-refractivity contribution in [3.8, 4) is 0 Å². The van der Waals surface area contributed by atoms with E-state index in [-0.39, 0.29) is 16.6 Å². The number of allylic oxidation sites excluding steroid dienone is 1. The zero-order valence-corrected chi connectivity index (χ0v) is 11.9. The summed E-state index contributed by atoms with van der Waals surface area (Å²) in [6.45, 7) is 9.64. The molecule has 4 nitrogen and oxygen atoms in total. The number of carbonyl (C=O) groups excluding carboxylic acids is 1. The van der Waals surface area contributed by atoms with Crippen molar-refractivity contribution in [1.82, 2.24) is 4.72 Å². The zero-order chi connectivity index (χ0) is 13.7. The quantitative estimate of drug-likeness (QED) is 0.752. The van der Waals surface area contributed by atoms with Crippen molar-refractivity contribution in [3.63, 3.8) is 0 Å². The van der Waals surface area contributed by atoms with E-state index in [1.807, 2.05) is 26.8 Å². The van der Waals surface area contributed by atoms with Crippen molar-refractivity contribution in [1.29, 1.82) is 0 Å². The Bertz CT molecular complexity index is 475. The van der Waals surface area contributed by atoms with Crippen LogP contribution in [0.15, 0.2) is 23.8 Å². The van der Waals surface area contributed by atoms with Crippen molar-refractivity contribution in [2.24, 2.45) is 11.7 Å². The molecule has 2 unspecified atom stereocenters. The normalized spacial score (nSPS) is 33.6. The third kappa shape index (κ3) is 2.06. The van der Waals surface area contributed by atoms with Gasteiger partial charge in [0.15, 0.2) is 0 Å². The topological polar surface area (TPSA) is 72.2 Å². The van der Waals surface area contributed by atoms with E-state index in [2.05, 4.69) is 11.3 Å². The fourth-order valence-electron chi connectivity index (χ4n) is 1.94. The fourth-order valence-corrected chi connectivity index (χ4v) is 3.00. The van der Waals surface area contributed by atoms with E-state index in [0.29, 0.717) is 5.57 Å². The van der Waals surface area contributed by atoms with Crippen LogP contribution in [0.4, 0.5) is 0 Å². The summed E-state index contributed by atoms with van der Waals surface area (Å²) in [4.78, 5) is 12.1. The van der Waals surface area contributed by atoms with Gasteiger partial charge in [0, 0.05) is 5.92 Å². The first kappa shape index (κ1) is 13.5. The second-order valence-electron chi connectivity index (χ2n) is 5.77. The van der Waals surface area contributed by atoms with Crippen molar-refractivity contribution < 1.29 is 9.00 Å². The molecule has 2 saturated carbocycles. The smallest absolute Gasteiger partial charge is 0.256 e. The van der Waals surface area contributed by atoms with Gasteiger partial charge in [-0.15, -0.1) is 0 Å². The van der Waals surface area contributed by atoms with Crippen LogP contribution in [0, 0.1) is 5.92 Å². The van der Waals surface area contributed by atoms with Crippen molar-refractivity contribution >= 4 is 16.9 Å². The first-order chi connectivity index (χ1) is 8.21. The highest BCUT2D eigenvalue weighted by Gasteiger charge is 2.61. The summed E-state index contributed by atoms with van der Waals surface area (Å²) in [5.41, 5.74) is 6.76. The lowest BCUT2D eigenvalue weighted by molar-refractivity contribution is -0.121. The molecule has 0 bridgehead atoms. The molecule has 0 aromatic heterocycles. The Hall–Kier alpha value is -0.940. The van der Waals surface area contributed by atoms with E-state index < -0.39 is 16.5 Å². The Morgan fingerprint density at radius 2 is 2.11 bits per heavy atom. The van der Waals surface area contributed by atoms with E-state index in [0.717, 1.165) is 18.4 Å². The van der Waals surface area contributed by atoms with E-state index >= 15 is 0 Å². The summed E-state index contributed by atoms with van der Waals surface area (Å²) >= 11 is 0. The van der Waals surface area contributed by atoms with E-state index in [1.165, 1.54) is 0 Å². The number of nitrogens with two attached hydrogens (primary N) is 1. The van der Waals surface area contributed by atoms with Gasteiger partial charge in [-0.2, -0.15) is 0 Å². The summed E-state index contributed by atoms with van der Waals surface area (Å²) in [5.74, 6) is -0.507. The van der Waals surface area contributed by atoms with Gasteiger partial charge in [0.05, 0.1) is 4.75 Å². The molecule has 5 heteroatoms. The van der Waals surface area contributed by atoms with Crippen LogP contribution < -0.4 is 10.5 Å². The molecule has 2 aliphatic carbocycles. The Labute approximate surface area is 110 Å². The number of carbonyl (C=O) groups is 1. The Morgan fingerprint density at radius 3 is 2.56 bits per heavy atom. The van der Waals surface area contributed by atoms with Crippen LogP contribution in [-0.4, -0.2) is 20.4 Å². The molecule has 2 aliphatic rings. The standard InChI is InChI=1S/C13H20N2O2S/c1-8(2)7-10-9(3)13(10,14)11(16)15-18(17)12(4)5-6-12/h7,10H,3,5-6,14H2,1-2,4H3,(H,15,16)/t10?,13-,18?/m1/s1. The summed E-state index contributed by atoms with van der Waals surface area (Å²) in [6, 6.07) is 0. The molecule has 18 heavy (non-hydrogen) atoms. The molecule has 0 spiro atoms. The van der Waals surface area contributed by atoms with Crippen molar-refractivity contribution in [2.75, 3.05) is 0 Å². The van der Waals surface area contributed by atoms with Gasteiger partial charge in [-0.3, -0.25) is 9.52 Å². The van der Waals surface area contributed by atoms with Gasteiger partial charge in [0.2, 0.25) is 0 Å². The molecule has 3 atom stereocenters. The minimum atomic E-state index is -1.35. The second kappa shape index (κ2) is 4.03. The molecule has 2 rings (SSSR count). The fraction of sp³-hybridized carbons (Fsp3) is 0.615. The molecule has 0 saturated heterocycles. The van der Waals surface area contributed by atoms with Gasteiger partial charge in [0.1, 0.15) is 16.5 Å². The molecular formula is C13H20N2O2S. The average molecular weight is 268 g/mol. The molecule has 1 amide bonds. The summed E-state index contributed by atoms with van der Waals surface area (Å²) in [7, 11) is -1.35. The van der Waals surface area contributed by atoms with Gasteiger partial charge in [0.25, 0.3) is 5.91 Å². The van der Waals surface area contributed by atoms with Crippen LogP contribution in [0.3, 0.4) is 0 Å². The average Bonchev–Trinajstić information content (AvgIpc) is 3.13. The van der Waals surface area contributed by atoms with Gasteiger partial charge < -0.3 is 5.73 Å². The molecule has 0 aromatic rings. The highest BCUT2D eigenvalue weighted by atomic mass is 32.2. The number of nitrogens with one attached hydrogen (secondary N) is 1. The lowest BCUT2D eigenvalue weighted by Crippen LogP contribution is -2.47. The van der Waals surface area contributed by atoms with E-state index in [4.69, 9.17) is 5.73 Å². The predicted octanol–water partition coefficient (Wildman–Crippen LogP) is 1.17. The largest absolute Gasteiger partial charge is 0.313 e. The van der Waals surface area contributed by atoms with Crippen molar-refractivity contribution in [3.05, 3.63) is 23.8 Å². The minimum Gasteiger partial charge on any atom is -0.313 e. The third-order valence-electron chi connectivity index (χ3n) is 3.78. The van der Waals surface area contributed by atoms with Gasteiger partial charge in [-0.1, -0.05) is 18.2 Å². The highest BCUT2D eigenvalue weighted by Crippen LogP contribution is 2.49. The third-order valence-corrected chi connectivity index (χ3v) is 5.45. The molecule has 0 aromatic carbocycles. The lowest BCUT2D eigenvalue weighted by Gasteiger charge is -2.13. The molecule has 3 N–H and O–H groups in total.